The maximum atomic E-state index is 12.4. The van der Waals surface area contributed by atoms with Crippen molar-refractivity contribution in [2.75, 3.05) is 11.9 Å². The Morgan fingerprint density at radius 3 is 2.68 bits per heavy atom. The van der Waals surface area contributed by atoms with Gasteiger partial charge < -0.3 is 15.1 Å². The quantitative estimate of drug-likeness (QED) is 0.870. The first-order chi connectivity index (χ1) is 11.6. The Kier molecular flexibility index (Phi) is 4.04. The molecule has 132 valence electrons. The van der Waals surface area contributed by atoms with E-state index in [9.17, 15) is 19.8 Å². The molecule has 3 rings (SSSR count). The van der Waals surface area contributed by atoms with Crippen LogP contribution in [0.4, 0.5) is 5.69 Å². The summed E-state index contributed by atoms with van der Waals surface area (Å²) in [4.78, 5) is 26.8. The van der Waals surface area contributed by atoms with Gasteiger partial charge in [0.2, 0.25) is 6.35 Å². The molecule has 1 atom stereocenters. The summed E-state index contributed by atoms with van der Waals surface area (Å²) in [7, 11) is 1.69. The molecule has 1 aliphatic heterocycles. The predicted octanol–water partition coefficient (Wildman–Crippen LogP) is 2.12. The van der Waals surface area contributed by atoms with Gasteiger partial charge in [-0.15, -0.1) is 0 Å². The van der Waals surface area contributed by atoms with E-state index in [1.807, 2.05) is 0 Å². The van der Waals surface area contributed by atoms with Crippen LogP contribution in [0.5, 0.6) is 0 Å². The minimum absolute atomic E-state index is 0.329. The summed E-state index contributed by atoms with van der Waals surface area (Å²) < 4.78 is 5.14. The number of allylic oxidation sites excluding steroid dienone is 1. The van der Waals surface area contributed by atoms with Crippen LogP contribution in [0.1, 0.15) is 26.5 Å². The molecule has 1 amide bonds. The molecule has 1 unspecified atom stereocenters. The van der Waals surface area contributed by atoms with Gasteiger partial charge >= 0.3 is 5.97 Å². The lowest BCUT2D eigenvalue weighted by molar-refractivity contribution is -0.142. The van der Waals surface area contributed by atoms with Crippen LogP contribution < -0.4 is 4.90 Å². The summed E-state index contributed by atoms with van der Waals surface area (Å²) in [5.41, 5.74) is 0.443. The number of carbonyl (C=O) groups is 2. The maximum absolute atomic E-state index is 12.4. The number of rotatable bonds is 3. The molecule has 8 heteroatoms. The molecule has 25 heavy (non-hydrogen) atoms. The molecule has 0 radical (unpaired) electrons. The van der Waals surface area contributed by atoms with E-state index >= 15 is 0 Å². The van der Waals surface area contributed by atoms with Gasteiger partial charge in [-0.3, -0.25) is 14.5 Å². The van der Waals surface area contributed by atoms with E-state index in [0.29, 0.717) is 22.5 Å². The van der Waals surface area contributed by atoms with E-state index in [1.54, 1.807) is 50.9 Å². The van der Waals surface area contributed by atoms with Crippen molar-refractivity contribution in [2.24, 2.45) is 0 Å². The number of hydrogen-bond donors (Lipinski definition) is 2. The smallest absolute Gasteiger partial charge is 0.315 e. The number of aromatic nitrogens is 1. The zero-order valence-corrected chi connectivity index (χ0v) is 15.2. The summed E-state index contributed by atoms with van der Waals surface area (Å²) in [6.45, 7) is 4.94. The van der Waals surface area contributed by atoms with E-state index in [-0.39, 0.29) is 5.91 Å². The fourth-order valence-corrected chi connectivity index (χ4v) is 3.61. The fourth-order valence-electron chi connectivity index (χ4n) is 2.71. The van der Waals surface area contributed by atoms with Crippen molar-refractivity contribution < 1.29 is 19.8 Å². The van der Waals surface area contributed by atoms with Gasteiger partial charge in [-0.25, -0.2) is 0 Å². The lowest BCUT2D eigenvalue weighted by atomic mass is 9.87. The maximum Gasteiger partial charge on any atom is 0.315 e. The fraction of sp³-hybridized carbons (Fsp3) is 0.353. The number of fused-ring (bicyclic) bond motifs is 1. The Morgan fingerprint density at radius 1 is 1.36 bits per heavy atom. The van der Waals surface area contributed by atoms with Gasteiger partial charge in [0.25, 0.3) is 5.91 Å². The van der Waals surface area contributed by atoms with Crippen LogP contribution in [0, 0.1) is 0 Å². The van der Waals surface area contributed by atoms with Crippen molar-refractivity contribution in [3.8, 4) is 0 Å². The van der Waals surface area contributed by atoms with E-state index in [1.165, 1.54) is 22.5 Å². The van der Waals surface area contributed by atoms with E-state index in [2.05, 4.69) is 4.37 Å². The second-order valence-corrected chi connectivity index (χ2v) is 7.40. The van der Waals surface area contributed by atoms with Crippen molar-refractivity contribution in [3.05, 3.63) is 35.7 Å². The van der Waals surface area contributed by atoms with Gasteiger partial charge in [0.1, 0.15) is 5.41 Å². The molecular weight excluding hydrogens is 342 g/mol. The highest BCUT2D eigenvalue weighted by Crippen LogP contribution is 2.35. The molecule has 0 bridgehead atoms. The largest absolute Gasteiger partial charge is 0.481 e. The van der Waals surface area contributed by atoms with Crippen molar-refractivity contribution >= 4 is 39.2 Å². The molecule has 1 aromatic carbocycles. The second kappa shape index (κ2) is 5.82. The Bertz CT molecular complexity index is 902. The molecule has 0 fully saturated rings. The number of carboxylic acids is 1. The molecule has 0 aliphatic carbocycles. The number of amides is 1. The molecular formula is C17H19N3O4S. The number of carboxylic acid groups (broad SMARTS) is 1. The Morgan fingerprint density at radius 2 is 2.04 bits per heavy atom. The topological polar surface area (TPSA) is 94.0 Å². The molecule has 0 saturated carbocycles. The lowest BCUT2D eigenvalue weighted by Crippen LogP contribution is -2.52. The van der Waals surface area contributed by atoms with Gasteiger partial charge in [-0.05, 0) is 50.5 Å². The van der Waals surface area contributed by atoms with Crippen LogP contribution in [0.15, 0.2) is 30.0 Å². The highest BCUT2D eigenvalue weighted by atomic mass is 32.1. The van der Waals surface area contributed by atoms with Crippen molar-refractivity contribution in [2.45, 2.75) is 32.5 Å². The van der Waals surface area contributed by atoms with Crippen molar-refractivity contribution in [1.29, 1.82) is 0 Å². The first-order valence-electron chi connectivity index (χ1n) is 7.70. The first-order valence-corrected chi connectivity index (χ1v) is 8.47. The minimum atomic E-state index is -1.16. The lowest BCUT2D eigenvalue weighted by Gasteiger charge is -2.38. The molecule has 1 aliphatic rings. The zero-order chi connectivity index (χ0) is 18.5. The summed E-state index contributed by atoms with van der Waals surface area (Å²) in [6.07, 6.45) is 0.322. The number of benzene rings is 1. The molecule has 7 nitrogen and oxygen atoms in total. The van der Waals surface area contributed by atoms with Gasteiger partial charge in [0.05, 0.1) is 10.4 Å². The van der Waals surface area contributed by atoms with Crippen LogP contribution >= 0.6 is 11.5 Å². The number of nitrogens with zero attached hydrogens (tertiary/aromatic N) is 3. The molecule has 1 aromatic heterocycles. The number of anilines is 1. The second-order valence-electron chi connectivity index (χ2n) is 6.59. The molecule has 2 heterocycles. The van der Waals surface area contributed by atoms with Crippen LogP contribution in [-0.2, 0) is 15.0 Å². The van der Waals surface area contributed by atoms with Gasteiger partial charge in [0, 0.05) is 29.9 Å². The Hall–Kier alpha value is -2.45. The number of aliphatic hydroxyl groups excluding tert-OH is 1. The summed E-state index contributed by atoms with van der Waals surface area (Å²) in [5, 5.41) is 20.6. The van der Waals surface area contributed by atoms with E-state index in [0.717, 1.165) is 4.70 Å². The van der Waals surface area contributed by atoms with Crippen LogP contribution in [-0.4, -0.2) is 44.8 Å². The van der Waals surface area contributed by atoms with Crippen LogP contribution in [0.2, 0.25) is 0 Å². The third-order valence-electron chi connectivity index (χ3n) is 4.56. The molecule has 2 aromatic rings. The Labute approximate surface area is 148 Å². The normalized spacial score (nSPS) is 18.7. The standard InChI is InChI=1S/C17H19N3O4S/c1-9-7-13(21)20(16(24)19(9)4)10-5-6-12-11(8-10)14(18-25-12)17(2,3)15(22)23/h5-8,16,24H,1-4H3,(H,22,23). The highest BCUT2D eigenvalue weighted by Gasteiger charge is 2.35. The third-order valence-corrected chi connectivity index (χ3v) is 5.39. The third kappa shape index (κ3) is 2.67. The number of carbonyl (C=O) groups excluding carboxylic acids is 1. The minimum Gasteiger partial charge on any atom is -0.481 e. The van der Waals surface area contributed by atoms with Crippen LogP contribution in [0.25, 0.3) is 10.1 Å². The predicted molar refractivity (Wildman–Crippen MR) is 95.3 cm³/mol. The summed E-state index contributed by atoms with van der Waals surface area (Å²) in [6, 6.07) is 5.22. The van der Waals surface area contributed by atoms with Crippen molar-refractivity contribution in [1.82, 2.24) is 9.27 Å². The molecule has 0 saturated heterocycles. The summed E-state index contributed by atoms with van der Waals surface area (Å²) >= 11 is 1.21. The van der Waals surface area contributed by atoms with Crippen molar-refractivity contribution in [3.63, 3.8) is 0 Å². The molecule has 0 spiro atoms. The van der Waals surface area contributed by atoms with Gasteiger partial charge in [0.15, 0.2) is 0 Å². The van der Waals surface area contributed by atoms with E-state index < -0.39 is 17.7 Å². The van der Waals surface area contributed by atoms with Gasteiger partial charge in [-0.1, -0.05) is 0 Å². The number of aliphatic hydroxyl groups is 1. The average Bonchev–Trinajstić information content (AvgIpc) is 2.96. The van der Waals surface area contributed by atoms with E-state index in [4.69, 9.17) is 0 Å². The number of aliphatic carboxylic acids is 1. The molecule has 2 N–H and O–H groups in total. The number of hydrogen-bond acceptors (Lipinski definition) is 6. The first kappa shape index (κ1) is 17.4. The average molecular weight is 361 g/mol. The van der Waals surface area contributed by atoms with Crippen LogP contribution in [0.3, 0.4) is 0 Å². The summed E-state index contributed by atoms with van der Waals surface area (Å²) in [5.74, 6) is -1.30. The SMILES string of the molecule is CC1=CC(=O)N(c2ccc3snc(C(C)(C)C(=O)O)c3c2)C(O)N1C. The zero-order valence-electron chi connectivity index (χ0n) is 14.3. The monoisotopic (exact) mass is 361 g/mol. The Balaban J connectivity index is 2.13. The highest BCUT2D eigenvalue weighted by molar-refractivity contribution is 7.13. The van der Waals surface area contributed by atoms with Gasteiger partial charge in [-0.2, -0.15) is 4.37 Å².